The summed E-state index contributed by atoms with van der Waals surface area (Å²) in [6, 6.07) is 6.50. The third-order valence-electron chi connectivity index (χ3n) is 5.50. The first-order valence-corrected chi connectivity index (χ1v) is 10.0. The normalized spacial score (nSPS) is 19.0. The second kappa shape index (κ2) is 8.68. The number of hydrogen-bond acceptors (Lipinski definition) is 5. The van der Waals surface area contributed by atoms with Gasteiger partial charge in [-0.2, -0.15) is 4.98 Å². The van der Waals surface area contributed by atoms with Crippen LogP contribution in [0, 0.1) is 5.82 Å². The van der Waals surface area contributed by atoms with Gasteiger partial charge < -0.3 is 14.7 Å². The monoisotopic (exact) mass is 387 g/mol. The number of carbonyl (C=O) groups is 1. The van der Waals surface area contributed by atoms with E-state index in [1.165, 1.54) is 31.4 Å². The lowest BCUT2D eigenvalue weighted by molar-refractivity contribution is 0.129. The molecule has 0 atom stereocenters. The number of piperazine rings is 1. The van der Waals surface area contributed by atoms with E-state index in [0.717, 1.165) is 25.9 Å². The zero-order valence-corrected chi connectivity index (χ0v) is 15.9. The van der Waals surface area contributed by atoms with Gasteiger partial charge in [-0.1, -0.05) is 30.5 Å². The first kappa shape index (κ1) is 18.9. The van der Waals surface area contributed by atoms with Crippen LogP contribution in [-0.2, 0) is 6.54 Å². The van der Waals surface area contributed by atoms with Gasteiger partial charge in [-0.25, -0.2) is 9.18 Å². The molecule has 1 aliphatic carbocycles. The fourth-order valence-electron chi connectivity index (χ4n) is 3.88. The molecule has 4 rings (SSSR count). The smallest absolute Gasteiger partial charge is 0.317 e. The van der Waals surface area contributed by atoms with E-state index in [-0.39, 0.29) is 11.8 Å². The Balaban J connectivity index is 1.26. The minimum atomic E-state index is -0.333. The Bertz CT molecular complexity index is 797. The highest BCUT2D eigenvalue weighted by Gasteiger charge is 2.24. The van der Waals surface area contributed by atoms with Crippen molar-refractivity contribution in [2.75, 3.05) is 26.2 Å². The molecule has 0 bridgehead atoms. The van der Waals surface area contributed by atoms with Crippen LogP contribution in [-0.4, -0.2) is 58.2 Å². The number of benzene rings is 1. The first-order valence-electron chi connectivity index (χ1n) is 10.0. The average Bonchev–Trinajstić information content (AvgIpc) is 3.18. The molecule has 7 nitrogen and oxygen atoms in total. The van der Waals surface area contributed by atoms with E-state index in [1.807, 2.05) is 4.90 Å². The SMILES string of the molecule is O=C(NC1CCCCC1)N1CCN(Cc2noc(-c3cccc(F)c3)n2)CC1. The Labute approximate surface area is 163 Å². The maximum atomic E-state index is 13.3. The zero-order chi connectivity index (χ0) is 19.3. The average molecular weight is 387 g/mol. The standard InChI is InChI=1S/C20H26FN5O2/c21-16-6-4-5-15(13-16)19-23-18(24-28-19)14-25-9-11-26(12-10-25)20(27)22-17-7-2-1-3-8-17/h4-6,13,17H,1-3,7-12,14H2,(H,22,27). The maximum absolute atomic E-state index is 13.3. The van der Waals surface area contributed by atoms with Gasteiger partial charge in [0.25, 0.3) is 5.89 Å². The molecular formula is C20H26FN5O2. The van der Waals surface area contributed by atoms with Crippen LogP contribution in [0.4, 0.5) is 9.18 Å². The molecule has 1 aliphatic heterocycles. The molecule has 0 spiro atoms. The fraction of sp³-hybridized carbons (Fsp3) is 0.550. The predicted molar refractivity (Wildman–Crippen MR) is 102 cm³/mol. The van der Waals surface area contributed by atoms with Crippen molar-refractivity contribution >= 4 is 6.03 Å². The molecule has 1 aromatic carbocycles. The van der Waals surface area contributed by atoms with Gasteiger partial charge in [0.15, 0.2) is 5.82 Å². The summed E-state index contributed by atoms with van der Waals surface area (Å²) in [6.45, 7) is 3.46. The molecule has 0 unspecified atom stereocenters. The Morgan fingerprint density at radius 3 is 2.71 bits per heavy atom. The summed E-state index contributed by atoms with van der Waals surface area (Å²) in [4.78, 5) is 20.9. The van der Waals surface area contributed by atoms with E-state index in [0.29, 0.717) is 43.0 Å². The molecule has 28 heavy (non-hydrogen) atoms. The van der Waals surface area contributed by atoms with Gasteiger partial charge in [-0.05, 0) is 31.0 Å². The van der Waals surface area contributed by atoms with E-state index in [1.54, 1.807) is 12.1 Å². The van der Waals surface area contributed by atoms with Crippen molar-refractivity contribution in [2.45, 2.75) is 44.7 Å². The molecule has 0 radical (unpaired) electrons. The zero-order valence-electron chi connectivity index (χ0n) is 15.9. The summed E-state index contributed by atoms with van der Waals surface area (Å²) < 4.78 is 18.6. The second-order valence-corrected chi connectivity index (χ2v) is 7.57. The topological polar surface area (TPSA) is 74.5 Å². The third kappa shape index (κ3) is 4.67. The van der Waals surface area contributed by atoms with Crippen LogP contribution in [0.15, 0.2) is 28.8 Å². The lowest BCUT2D eigenvalue weighted by atomic mass is 9.96. The number of nitrogens with one attached hydrogen (secondary N) is 1. The van der Waals surface area contributed by atoms with E-state index >= 15 is 0 Å². The Hall–Kier alpha value is -2.48. The first-order chi connectivity index (χ1) is 13.7. The summed E-state index contributed by atoms with van der Waals surface area (Å²) in [5.74, 6) is 0.555. The van der Waals surface area contributed by atoms with Crippen LogP contribution >= 0.6 is 0 Å². The number of nitrogens with zero attached hydrogens (tertiary/aromatic N) is 4. The van der Waals surface area contributed by atoms with Crippen molar-refractivity contribution in [1.29, 1.82) is 0 Å². The maximum Gasteiger partial charge on any atom is 0.317 e. The Morgan fingerprint density at radius 1 is 1.18 bits per heavy atom. The van der Waals surface area contributed by atoms with E-state index < -0.39 is 0 Å². The van der Waals surface area contributed by atoms with Crippen molar-refractivity contribution < 1.29 is 13.7 Å². The van der Waals surface area contributed by atoms with Crippen LogP contribution in [0.1, 0.15) is 37.9 Å². The fourth-order valence-corrected chi connectivity index (χ4v) is 3.88. The number of halogens is 1. The van der Waals surface area contributed by atoms with Crippen LogP contribution in [0.2, 0.25) is 0 Å². The highest BCUT2D eigenvalue weighted by atomic mass is 19.1. The molecule has 1 saturated heterocycles. The molecule has 8 heteroatoms. The molecule has 1 saturated carbocycles. The van der Waals surface area contributed by atoms with Gasteiger partial charge in [0, 0.05) is 37.8 Å². The molecular weight excluding hydrogens is 361 g/mol. The van der Waals surface area contributed by atoms with Crippen molar-refractivity contribution in [3.63, 3.8) is 0 Å². The molecule has 2 aromatic rings. The van der Waals surface area contributed by atoms with Crippen LogP contribution in [0.25, 0.3) is 11.5 Å². The number of amides is 2. The van der Waals surface area contributed by atoms with Crippen LogP contribution < -0.4 is 5.32 Å². The molecule has 1 aromatic heterocycles. The summed E-state index contributed by atoms with van der Waals surface area (Å²) in [7, 11) is 0. The number of carbonyl (C=O) groups excluding carboxylic acids is 1. The van der Waals surface area contributed by atoms with E-state index in [9.17, 15) is 9.18 Å². The van der Waals surface area contributed by atoms with Crippen molar-refractivity contribution in [2.24, 2.45) is 0 Å². The highest BCUT2D eigenvalue weighted by Crippen LogP contribution is 2.19. The molecule has 2 fully saturated rings. The molecule has 2 amide bonds. The van der Waals surface area contributed by atoms with Gasteiger partial charge in [-0.3, -0.25) is 4.90 Å². The van der Waals surface area contributed by atoms with Gasteiger partial charge in [-0.15, -0.1) is 0 Å². The minimum absolute atomic E-state index is 0.0551. The van der Waals surface area contributed by atoms with Crippen LogP contribution in [0.5, 0.6) is 0 Å². The Kier molecular flexibility index (Phi) is 5.85. The summed E-state index contributed by atoms with van der Waals surface area (Å²) in [5, 5.41) is 7.18. The van der Waals surface area contributed by atoms with E-state index in [2.05, 4.69) is 20.4 Å². The summed E-state index contributed by atoms with van der Waals surface area (Å²) >= 11 is 0. The van der Waals surface area contributed by atoms with Gasteiger partial charge in [0.2, 0.25) is 0 Å². The second-order valence-electron chi connectivity index (χ2n) is 7.57. The number of aromatic nitrogens is 2. The molecule has 150 valence electrons. The Morgan fingerprint density at radius 2 is 1.96 bits per heavy atom. The van der Waals surface area contributed by atoms with Gasteiger partial charge in [0.05, 0.1) is 6.54 Å². The highest BCUT2D eigenvalue weighted by molar-refractivity contribution is 5.74. The van der Waals surface area contributed by atoms with Crippen molar-refractivity contribution in [1.82, 2.24) is 25.3 Å². The van der Waals surface area contributed by atoms with Crippen molar-refractivity contribution in [3.05, 3.63) is 35.9 Å². The number of rotatable bonds is 4. The lowest BCUT2D eigenvalue weighted by Gasteiger charge is -2.35. The number of urea groups is 1. The summed E-state index contributed by atoms with van der Waals surface area (Å²) in [6.07, 6.45) is 5.89. The predicted octanol–water partition coefficient (Wildman–Crippen LogP) is 3.04. The van der Waals surface area contributed by atoms with Gasteiger partial charge in [0.1, 0.15) is 5.82 Å². The third-order valence-corrected chi connectivity index (χ3v) is 5.50. The van der Waals surface area contributed by atoms with Crippen molar-refractivity contribution in [3.8, 4) is 11.5 Å². The largest absolute Gasteiger partial charge is 0.335 e. The molecule has 2 heterocycles. The van der Waals surface area contributed by atoms with Gasteiger partial charge >= 0.3 is 6.03 Å². The lowest BCUT2D eigenvalue weighted by Crippen LogP contribution is -2.53. The summed E-state index contributed by atoms with van der Waals surface area (Å²) in [5.41, 5.74) is 0.572. The molecule has 1 N–H and O–H groups in total. The van der Waals surface area contributed by atoms with E-state index in [4.69, 9.17) is 4.52 Å². The minimum Gasteiger partial charge on any atom is -0.335 e. The van der Waals surface area contributed by atoms with Crippen LogP contribution in [0.3, 0.4) is 0 Å². The quantitative estimate of drug-likeness (QED) is 0.873. The molecule has 2 aliphatic rings. The number of hydrogen-bond donors (Lipinski definition) is 1.